The predicted molar refractivity (Wildman–Crippen MR) is 80.7 cm³/mol. The van der Waals surface area contributed by atoms with Gasteiger partial charge in [0.2, 0.25) is 0 Å². The number of aliphatic imine (C=N–C) groups is 1. The Morgan fingerprint density at radius 3 is 2.11 bits per heavy atom. The van der Waals surface area contributed by atoms with E-state index in [0.29, 0.717) is 12.5 Å². The van der Waals surface area contributed by atoms with Gasteiger partial charge in [0.1, 0.15) is 0 Å². The number of benzene rings is 1. The molecule has 0 aromatic heterocycles. The van der Waals surface area contributed by atoms with Crippen molar-refractivity contribution < 1.29 is 13.2 Å². The molecular weight excluding hydrogens is 370 g/mol. The van der Waals surface area contributed by atoms with Crippen molar-refractivity contribution in [3.63, 3.8) is 0 Å². The lowest BCUT2D eigenvalue weighted by Crippen LogP contribution is -2.35. The summed E-state index contributed by atoms with van der Waals surface area (Å²) in [5, 5.41) is 3.04. The fourth-order valence-corrected chi connectivity index (χ4v) is 1.43. The first-order chi connectivity index (χ1) is 8.34. The van der Waals surface area contributed by atoms with E-state index >= 15 is 0 Å². The summed E-state index contributed by atoms with van der Waals surface area (Å²) in [5.41, 5.74) is 0.134. The third kappa shape index (κ3) is 5.66. The molecule has 0 radical (unpaired) electrons. The van der Waals surface area contributed by atoms with Gasteiger partial charge in [-0.2, -0.15) is 13.2 Å². The number of rotatable bonds is 2. The zero-order chi connectivity index (χ0) is 13.8. The van der Waals surface area contributed by atoms with E-state index in [0.717, 1.165) is 17.7 Å². The summed E-state index contributed by atoms with van der Waals surface area (Å²) in [4.78, 5) is 5.81. The molecule has 0 amide bonds. The molecule has 0 heterocycles. The summed E-state index contributed by atoms with van der Waals surface area (Å²) in [5.74, 6) is 0.676. The first kappa shape index (κ1) is 18.0. The second kappa shape index (κ2) is 7.56. The Morgan fingerprint density at radius 1 is 1.21 bits per heavy atom. The first-order valence-corrected chi connectivity index (χ1v) is 5.38. The number of nitrogens with one attached hydrogen (secondary N) is 1. The predicted octanol–water partition coefficient (Wildman–Crippen LogP) is 2.96. The van der Waals surface area contributed by atoms with Gasteiger partial charge in [-0.15, -0.1) is 24.0 Å². The molecular formula is C12H17F3IN3. The van der Waals surface area contributed by atoms with E-state index in [1.807, 2.05) is 14.1 Å². The van der Waals surface area contributed by atoms with Crippen molar-refractivity contribution >= 4 is 29.9 Å². The molecule has 0 aliphatic carbocycles. The summed E-state index contributed by atoms with van der Waals surface area (Å²) in [6, 6.07) is 5.07. The fourth-order valence-electron chi connectivity index (χ4n) is 1.43. The second-order valence-corrected chi connectivity index (χ2v) is 3.99. The van der Waals surface area contributed by atoms with Crippen molar-refractivity contribution in [1.82, 2.24) is 10.2 Å². The van der Waals surface area contributed by atoms with Crippen LogP contribution in [0.2, 0.25) is 0 Å². The zero-order valence-corrected chi connectivity index (χ0v) is 13.3. The monoisotopic (exact) mass is 387 g/mol. The summed E-state index contributed by atoms with van der Waals surface area (Å²) >= 11 is 0. The van der Waals surface area contributed by atoms with Gasteiger partial charge in [-0.1, -0.05) is 12.1 Å². The van der Waals surface area contributed by atoms with Crippen LogP contribution >= 0.6 is 24.0 Å². The van der Waals surface area contributed by atoms with Crippen LogP contribution < -0.4 is 5.32 Å². The summed E-state index contributed by atoms with van der Waals surface area (Å²) < 4.78 is 37.1. The van der Waals surface area contributed by atoms with Crippen molar-refractivity contribution in [3.05, 3.63) is 35.4 Å². The summed E-state index contributed by atoms with van der Waals surface area (Å²) in [7, 11) is 5.32. The molecule has 0 saturated heterocycles. The van der Waals surface area contributed by atoms with Gasteiger partial charge in [0, 0.05) is 27.7 Å². The van der Waals surface area contributed by atoms with Crippen molar-refractivity contribution in [1.29, 1.82) is 0 Å². The smallest absolute Gasteiger partial charge is 0.352 e. The van der Waals surface area contributed by atoms with Gasteiger partial charge in [-0.25, -0.2) is 0 Å². The number of alkyl halides is 3. The topological polar surface area (TPSA) is 27.6 Å². The first-order valence-electron chi connectivity index (χ1n) is 5.38. The van der Waals surface area contributed by atoms with Crippen molar-refractivity contribution in [3.8, 4) is 0 Å². The van der Waals surface area contributed by atoms with Crippen molar-refractivity contribution in [2.24, 2.45) is 4.99 Å². The van der Waals surface area contributed by atoms with Crippen LogP contribution in [-0.2, 0) is 12.7 Å². The van der Waals surface area contributed by atoms with Crippen LogP contribution in [0.3, 0.4) is 0 Å². The molecule has 0 bridgehead atoms. The van der Waals surface area contributed by atoms with Crippen LogP contribution in [0, 0.1) is 0 Å². The third-order valence-corrected chi connectivity index (χ3v) is 2.37. The van der Waals surface area contributed by atoms with E-state index in [2.05, 4.69) is 10.3 Å². The normalized spacial score (nSPS) is 11.8. The van der Waals surface area contributed by atoms with Crippen LogP contribution in [-0.4, -0.2) is 32.0 Å². The average molecular weight is 387 g/mol. The minimum atomic E-state index is -4.29. The van der Waals surface area contributed by atoms with E-state index in [-0.39, 0.29) is 24.0 Å². The van der Waals surface area contributed by atoms with E-state index < -0.39 is 11.7 Å². The lowest BCUT2D eigenvalue weighted by molar-refractivity contribution is -0.137. The van der Waals surface area contributed by atoms with Gasteiger partial charge in [0.25, 0.3) is 0 Å². The molecule has 0 aliphatic rings. The van der Waals surface area contributed by atoms with Crippen LogP contribution in [0.1, 0.15) is 11.1 Å². The minimum Gasteiger partial charge on any atom is -0.352 e. The van der Waals surface area contributed by atoms with Gasteiger partial charge in [-0.3, -0.25) is 4.99 Å². The molecule has 1 N–H and O–H groups in total. The van der Waals surface area contributed by atoms with E-state index in [9.17, 15) is 13.2 Å². The molecule has 19 heavy (non-hydrogen) atoms. The lowest BCUT2D eigenvalue weighted by Gasteiger charge is -2.17. The molecule has 7 heteroatoms. The molecule has 0 spiro atoms. The molecule has 1 rings (SSSR count). The molecule has 108 valence electrons. The third-order valence-electron chi connectivity index (χ3n) is 2.37. The lowest BCUT2D eigenvalue weighted by atomic mass is 10.1. The maximum atomic E-state index is 12.4. The second-order valence-electron chi connectivity index (χ2n) is 3.99. The molecule has 0 unspecified atom stereocenters. The molecule has 0 saturated carbocycles. The highest BCUT2D eigenvalue weighted by Crippen LogP contribution is 2.28. The molecule has 3 nitrogen and oxygen atoms in total. The number of nitrogens with zero attached hydrogens (tertiary/aromatic N) is 2. The summed E-state index contributed by atoms with van der Waals surface area (Å²) in [6.45, 7) is 0.434. The van der Waals surface area contributed by atoms with Crippen molar-refractivity contribution in [2.45, 2.75) is 12.7 Å². The molecule has 0 aliphatic heterocycles. The number of guanidine groups is 1. The largest absolute Gasteiger partial charge is 0.416 e. The summed E-state index contributed by atoms with van der Waals surface area (Å²) in [6.07, 6.45) is -4.29. The van der Waals surface area contributed by atoms with Gasteiger partial charge < -0.3 is 10.2 Å². The van der Waals surface area contributed by atoms with Gasteiger partial charge >= 0.3 is 6.18 Å². The molecule has 0 fully saturated rings. The number of hydrogen-bond donors (Lipinski definition) is 1. The van der Waals surface area contributed by atoms with E-state index in [1.165, 1.54) is 12.1 Å². The fraction of sp³-hybridized carbons (Fsp3) is 0.417. The Balaban J connectivity index is 0.00000324. The maximum Gasteiger partial charge on any atom is 0.416 e. The van der Waals surface area contributed by atoms with E-state index in [4.69, 9.17) is 0 Å². The highest BCUT2D eigenvalue weighted by molar-refractivity contribution is 14.0. The van der Waals surface area contributed by atoms with Gasteiger partial charge in [0.15, 0.2) is 5.96 Å². The Bertz CT molecular complexity index is 413. The quantitative estimate of drug-likeness (QED) is 0.480. The van der Waals surface area contributed by atoms with Crippen LogP contribution in [0.5, 0.6) is 0 Å². The average Bonchev–Trinajstić information content (AvgIpc) is 2.29. The molecule has 0 atom stereocenters. The highest BCUT2D eigenvalue weighted by Gasteiger charge is 2.29. The maximum absolute atomic E-state index is 12.4. The number of halogens is 4. The highest BCUT2D eigenvalue weighted by atomic mass is 127. The van der Waals surface area contributed by atoms with Gasteiger partial charge in [-0.05, 0) is 17.7 Å². The zero-order valence-electron chi connectivity index (χ0n) is 11.0. The molecule has 1 aromatic rings. The molecule has 1 aromatic carbocycles. The minimum absolute atomic E-state index is 0. The van der Waals surface area contributed by atoms with E-state index in [1.54, 1.807) is 11.9 Å². The Hall–Kier alpha value is -0.990. The Kier molecular flexibility index (Phi) is 7.17. The van der Waals surface area contributed by atoms with Crippen LogP contribution in [0.4, 0.5) is 13.2 Å². The Labute approximate surface area is 127 Å². The number of hydrogen-bond acceptors (Lipinski definition) is 1. The van der Waals surface area contributed by atoms with Crippen LogP contribution in [0.25, 0.3) is 0 Å². The SMILES string of the molecule is CN=C(NCc1ccc(C(F)(F)F)cc1)N(C)C.I. The van der Waals surface area contributed by atoms with Gasteiger partial charge in [0.05, 0.1) is 5.56 Å². The Morgan fingerprint density at radius 2 is 1.74 bits per heavy atom. The van der Waals surface area contributed by atoms with Crippen LogP contribution in [0.15, 0.2) is 29.3 Å². The van der Waals surface area contributed by atoms with Crippen molar-refractivity contribution in [2.75, 3.05) is 21.1 Å². The standard InChI is InChI=1S/C12H16F3N3.HI/c1-16-11(18(2)3)17-8-9-4-6-10(7-5-9)12(13,14)15;/h4-7H,8H2,1-3H3,(H,16,17);1H.